The van der Waals surface area contributed by atoms with Crippen molar-refractivity contribution in [1.82, 2.24) is 15.2 Å². The first-order chi connectivity index (χ1) is 9.37. The molecule has 0 saturated carbocycles. The SMILES string of the molecule is CCC1(C)NC(=O)C(C)N(Cc2cccc(C)n2)C1=O. The molecule has 5 nitrogen and oxygen atoms in total. The number of aryl methyl sites for hydroxylation is 1. The van der Waals surface area contributed by atoms with Crippen LogP contribution in [0.2, 0.25) is 0 Å². The fourth-order valence-corrected chi connectivity index (χ4v) is 2.37. The van der Waals surface area contributed by atoms with Crippen molar-refractivity contribution in [2.75, 3.05) is 0 Å². The van der Waals surface area contributed by atoms with E-state index in [1.165, 1.54) is 0 Å². The molecule has 1 saturated heterocycles. The molecule has 1 aromatic rings. The van der Waals surface area contributed by atoms with Gasteiger partial charge in [-0.1, -0.05) is 13.0 Å². The molecule has 1 aromatic heterocycles. The molecule has 1 N–H and O–H groups in total. The van der Waals surface area contributed by atoms with Crippen LogP contribution < -0.4 is 5.32 Å². The van der Waals surface area contributed by atoms with E-state index < -0.39 is 11.6 Å². The zero-order valence-corrected chi connectivity index (χ0v) is 12.4. The van der Waals surface area contributed by atoms with E-state index in [2.05, 4.69) is 10.3 Å². The number of hydrogen-bond donors (Lipinski definition) is 1. The van der Waals surface area contributed by atoms with E-state index in [1.807, 2.05) is 32.0 Å². The molecule has 0 radical (unpaired) electrons. The van der Waals surface area contributed by atoms with E-state index in [9.17, 15) is 9.59 Å². The number of pyridine rings is 1. The Bertz CT molecular complexity index is 544. The fraction of sp³-hybridized carbons (Fsp3) is 0.533. The molecule has 5 heteroatoms. The first kappa shape index (κ1) is 14.5. The maximum absolute atomic E-state index is 12.6. The standard InChI is InChI=1S/C15H21N3O2/c1-5-15(4)14(20)18(11(3)13(19)17-15)9-12-8-6-7-10(2)16-12/h6-8,11H,5,9H2,1-4H3,(H,17,19). The van der Waals surface area contributed by atoms with Gasteiger partial charge in [0.15, 0.2) is 0 Å². The molecule has 0 aromatic carbocycles. The molecular weight excluding hydrogens is 254 g/mol. The van der Waals surface area contributed by atoms with Crippen molar-refractivity contribution in [2.24, 2.45) is 0 Å². The normalized spacial score (nSPS) is 26.6. The molecule has 1 aliphatic heterocycles. The predicted molar refractivity (Wildman–Crippen MR) is 75.8 cm³/mol. The fourth-order valence-electron chi connectivity index (χ4n) is 2.37. The molecule has 2 heterocycles. The van der Waals surface area contributed by atoms with E-state index in [0.29, 0.717) is 13.0 Å². The second kappa shape index (κ2) is 5.23. The highest BCUT2D eigenvalue weighted by atomic mass is 16.2. The van der Waals surface area contributed by atoms with E-state index in [1.54, 1.807) is 18.7 Å². The first-order valence-electron chi connectivity index (χ1n) is 6.93. The highest BCUT2D eigenvalue weighted by Crippen LogP contribution is 2.22. The lowest BCUT2D eigenvalue weighted by Crippen LogP contribution is -2.68. The van der Waals surface area contributed by atoms with Crippen LogP contribution in [-0.4, -0.2) is 33.3 Å². The molecule has 2 amide bonds. The smallest absolute Gasteiger partial charge is 0.249 e. The van der Waals surface area contributed by atoms with Crippen molar-refractivity contribution in [3.63, 3.8) is 0 Å². The highest BCUT2D eigenvalue weighted by Gasteiger charge is 2.45. The van der Waals surface area contributed by atoms with Crippen molar-refractivity contribution in [3.05, 3.63) is 29.6 Å². The maximum atomic E-state index is 12.6. The maximum Gasteiger partial charge on any atom is 0.249 e. The summed E-state index contributed by atoms with van der Waals surface area (Å²) in [5, 5.41) is 2.82. The molecule has 108 valence electrons. The molecule has 2 atom stereocenters. The summed E-state index contributed by atoms with van der Waals surface area (Å²) < 4.78 is 0. The van der Waals surface area contributed by atoms with Gasteiger partial charge in [-0.3, -0.25) is 14.6 Å². The van der Waals surface area contributed by atoms with Gasteiger partial charge in [0, 0.05) is 5.69 Å². The Morgan fingerprint density at radius 1 is 1.40 bits per heavy atom. The van der Waals surface area contributed by atoms with Crippen LogP contribution in [0, 0.1) is 6.92 Å². The van der Waals surface area contributed by atoms with Gasteiger partial charge >= 0.3 is 0 Å². The van der Waals surface area contributed by atoms with E-state index in [4.69, 9.17) is 0 Å². The Morgan fingerprint density at radius 2 is 2.10 bits per heavy atom. The van der Waals surface area contributed by atoms with Gasteiger partial charge < -0.3 is 10.2 Å². The highest BCUT2D eigenvalue weighted by molar-refractivity contribution is 5.99. The summed E-state index contributed by atoms with van der Waals surface area (Å²) in [5.74, 6) is -0.156. The number of carbonyl (C=O) groups excluding carboxylic acids is 2. The van der Waals surface area contributed by atoms with Crippen molar-refractivity contribution >= 4 is 11.8 Å². The molecule has 0 bridgehead atoms. The quantitative estimate of drug-likeness (QED) is 0.907. The average Bonchev–Trinajstić information content (AvgIpc) is 2.41. The second-order valence-electron chi connectivity index (χ2n) is 5.55. The topological polar surface area (TPSA) is 62.3 Å². The summed E-state index contributed by atoms with van der Waals surface area (Å²) in [6.07, 6.45) is 0.571. The third kappa shape index (κ3) is 2.53. The zero-order valence-electron chi connectivity index (χ0n) is 12.4. The van der Waals surface area contributed by atoms with E-state index in [-0.39, 0.29) is 11.8 Å². The Kier molecular flexibility index (Phi) is 3.79. The molecule has 1 fully saturated rings. The van der Waals surface area contributed by atoms with Gasteiger partial charge in [-0.15, -0.1) is 0 Å². The van der Waals surface area contributed by atoms with Gasteiger partial charge in [0.05, 0.1) is 12.2 Å². The minimum absolute atomic E-state index is 0.0459. The van der Waals surface area contributed by atoms with Crippen LogP contribution in [0.15, 0.2) is 18.2 Å². The summed E-state index contributed by atoms with van der Waals surface area (Å²) in [6.45, 7) is 7.70. The van der Waals surface area contributed by atoms with Gasteiger partial charge in [0.2, 0.25) is 11.8 Å². The van der Waals surface area contributed by atoms with Crippen molar-refractivity contribution in [3.8, 4) is 0 Å². The lowest BCUT2D eigenvalue weighted by molar-refractivity contribution is -0.154. The lowest BCUT2D eigenvalue weighted by Gasteiger charge is -2.42. The number of carbonyl (C=O) groups is 2. The van der Waals surface area contributed by atoms with E-state index >= 15 is 0 Å². The minimum atomic E-state index is -0.812. The summed E-state index contributed by atoms with van der Waals surface area (Å²) in [5.41, 5.74) is 0.897. The molecule has 0 aliphatic carbocycles. The number of piperazine rings is 1. The third-order valence-electron chi connectivity index (χ3n) is 3.96. The molecule has 2 unspecified atom stereocenters. The van der Waals surface area contributed by atoms with Crippen LogP contribution >= 0.6 is 0 Å². The van der Waals surface area contributed by atoms with Crippen LogP contribution in [0.3, 0.4) is 0 Å². The average molecular weight is 275 g/mol. The van der Waals surface area contributed by atoms with Crippen molar-refractivity contribution in [1.29, 1.82) is 0 Å². The molecule has 1 aliphatic rings. The van der Waals surface area contributed by atoms with Gasteiger partial charge in [0.1, 0.15) is 11.6 Å². The minimum Gasteiger partial charge on any atom is -0.340 e. The van der Waals surface area contributed by atoms with Gasteiger partial charge in [-0.25, -0.2) is 0 Å². The van der Waals surface area contributed by atoms with Crippen LogP contribution in [0.4, 0.5) is 0 Å². The Balaban J connectivity index is 2.28. The van der Waals surface area contributed by atoms with Crippen LogP contribution in [0.1, 0.15) is 38.6 Å². The first-order valence-corrected chi connectivity index (χ1v) is 6.93. The molecular formula is C15H21N3O2. The second-order valence-corrected chi connectivity index (χ2v) is 5.55. The number of amides is 2. The number of hydrogen-bond acceptors (Lipinski definition) is 3. The number of nitrogens with zero attached hydrogens (tertiary/aromatic N) is 2. The largest absolute Gasteiger partial charge is 0.340 e. The predicted octanol–water partition coefficient (Wildman–Crippen LogP) is 1.41. The summed E-state index contributed by atoms with van der Waals surface area (Å²) in [6, 6.07) is 5.23. The molecule has 20 heavy (non-hydrogen) atoms. The Hall–Kier alpha value is -1.91. The monoisotopic (exact) mass is 275 g/mol. The summed E-state index contributed by atoms with van der Waals surface area (Å²) in [7, 11) is 0. The van der Waals surface area contributed by atoms with Crippen LogP contribution in [-0.2, 0) is 16.1 Å². The molecule has 0 spiro atoms. The van der Waals surface area contributed by atoms with Crippen LogP contribution in [0.25, 0.3) is 0 Å². The third-order valence-corrected chi connectivity index (χ3v) is 3.96. The Labute approximate surface area is 119 Å². The van der Waals surface area contributed by atoms with Gasteiger partial charge in [0.25, 0.3) is 0 Å². The van der Waals surface area contributed by atoms with Crippen LogP contribution in [0.5, 0.6) is 0 Å². The Morgan fingerprint density at radius 3 is 2.70 bits per heavy atom. The molecule has 2 rings (SSSR count). The zero-order chi connectivity index (χ0) is 14.9. The summed E-state index contributed by atoms with van der Waals surface area (Å²) in [4.78, 5) is 30.7. The van der Waals surface area contributed by atoms with Crippen molar-refractivity contribution in [2.45, 2.75) is 52.2 Å². The van der Waals surface area contributed by atoms with Crippen molar-refractivity contribution < 1.29 is 9.59 Å². The van der Waals surface area contributed by atoms with Gasteiger partial charge in [-0.05, 0) is 39.3 Å². The van der Waals surface area contributed by atoms with Gasteiger partial charge in [-0.2, -0.15) is 0 Å². The number of nitrogens with one attached hydrogen (secondary N) is 1. The number of rotatable bonds is 3. The lowest BCUT2D eigenvalue weighted by atomic mass is 9.92. The summed E-state index contributed by atoms with van der Waals surface area (Å²) >= 11 is 0. The number of aromatic nitrogens is 1. The van der Waals surface area contributed by atoms with E-state index in [0.717, 1.165) is 11.4 Å².